The summed E-state index contributed by atoms with van der Waals surface area (Å²) in [5, 5.41) is 7.15. The summed E-state index contributed by atoms with van der Waals surface area (Å²) in [5.41, 5.74) is 11.0. The minimum absolute atomic E-state index is 0.876. The predicted octanol–water partition coefficient (Wildman–Crippen LogP) is 14.2. The predicted molar refractivity (Wildman–Crippen MR) is 221 cm³/mol. The first-order valence-electron chi connectivity index (χ1n) is 17.6. The molecule has 0 aliphatic carbocycles. The van der Waals surface area contributed by atoms with Crippen molar-refractivity contribution in [1.29, 1.82) is 0 Å². The Hall–Kier alpha value is -6.62. The smallest absolute Gasteiger partial charge is 0.137 e. The van der Waals surface area contributed by atoms with Crippen molar-refractivity contribution in [2.75, 3.05) is 4.90 Å². The number of fused-ring (bicyclic) bond motifs is 9. The van der Waals surface area contributed by atoms with Crippen molar-refractivity contribution >= 4 is 92.3 Å². The lowest BCUT2D eigenvalue weighted by atomic mass is 10.0. The van der Waals surface area contributed by atoms with E-state index in [-0.39, 0.29) is 0 Å². The van der Waals surface area contributed by atoms with Crippen LogP contribution in [0.5, 0.6) is 0 Å². The molecule has 0 unspecified atom stereocenters. The van der Waals surface area contributed by atoms with Gasteiger partial charge in [0.2, 0.25) is 0 Å². The van der Waals surface area contributed by atoms with Gasteiger partial charge in [0.15, 0.2) is 0 Å². The highest BCUT2D eigenvalue weighted by Crippen LogP contribution is 2.49. The van der Waals surface area contributed by atoms with E-state index >= 15 is 0 Å². The first-order valence-corrected chi connectivity index (χ1v) is 18.4. The highest BCUT2D eigenvalue weighted by Gasteiger charge is 2.24. The molecular weight excluding hydrogens is 653 g/mol. The normalized spacial score (nSPS) is 11.8. The third-order valence-electron chi connectivity index (χ3n) is 10.4. The summed E-state index contributed by atoms with van der Waals surface area (Å²) in [6.45, 7) is 0. The van der Waals surface area contributed by atoms with Gasteiger partial charge < -0.3 is 13.9 Å². The molecule has 0 atom stereocenters. The van der Waals surface area contributed by atoms with E-state index in [1.54, 1.807) is 0 Å². The van der Waals surface area contributed by atoms with Gasteiger partial charge in [0.1, 0.15) is 11.2 Å². The topological polar surface area (TPSA) is 21.3 Å². The lowest BCUT2D eigenvalue weighted by Crippen LogP contribution is -2.10. The number of furan rings is 1. The summed E-state index contributed by atoms with van der Waals surface area (Å²) in [6.07, 6.45) is 0. The van der Waals surface area contributed by atoms with Gasteiger partial charge in [-0.25, -0.2) is 0 Å². The monoisotopic (exact) mass is 682 g/mol. The Morgan fingerprint density at radius 1 is 0.423 bits per heavy atom. The molecule has 0 saturated heterocycles. The number of para-hydroxylation sites is 2. The Balaban J connectivity index is 1.23. The molecule has 0 aliphatic rings. The maximum absolute atomic E-state index is 6.46. The van der Waals surface area contributed by atoms with Crippen LogP contribution in [0, 0.1) is 0 Å². The molecule has 0 bridgehead atoms. The Kier molecular flexibility index (Phi) is 6.42. The first kappa shape index (κ1) is 29.1. The number of benzene rings is 8. The van der Waals surface area contributed by atoms with Gasteiger partial charge in [0, 0.05) is 47.7 Å². The van der Waals surface area contributed by atoms with E-state index in [0.29, 0.717) is 0 Å². The zero-order chi connectivity index (χ0) is 34.2. The molecule has 11 rings (SSSR count). The molecule has 0 radical (unpaired) electrons. The number of anilines is 3. The molecule has 0 spiro atoms. The molecule has 3 heterocycles. The van der Waals surface area contributed by atoms with E-state index in [4.69, 9.17) is 4.42 Å². The summed E-state index contributed by atoms with van der Waals surface area (Å²) in [4.78, 5) is 2.45. The number of rotatable bonds is 5. The molecule has 4 heteroatoms. The first-order chi connectivity index (χ1) is 25.8. The van der Waals surface area contributed by atoms with Crippen molar-refractivity contribution in [3.8, 4) is 16.8 Å². The quantitative estimate of drug-likeness (QED) is 0.180. The van der Waals surface area contributed by atoms with Gasteiger partial charge in [-0.1, -0.05) is 109 Å². The van der Waals surface area contributed by atoms with Gasteiger partial charge in [-0.2, -0.15) is 0 Å². The van der Waals surface area contributed by atoms with Crippen molar-refractivity contribution in [1.82, 2.24) is 4.57 Å². The van der Waals surface area contributed by atoms with Crippen LogP contribution in [0.15, 0.2) is 186 Å². The second kappa shape index (κ2) is 11.5. The molecule has 0 saturated carbocycles. The Morgan fingerprint density at radius 2 is 1.12 bits per heavy atom. The zero-order valence-electron chi connectivity index (χ0n) is 28.0. The van der Waals surface area contributed by atoms with Gasteiger partial charge in [-0.05, 0) is 83.9 Å². The molecule has 8 aromatic carbocycles. The van der Waals surface area contributed by atoms with E-state index < -0.39 is 0 Å². The van der Waals surface area contributed by atoms with Crippen LogP contribution in [-0.4, -0.2) is 4.57 Å². The SMILES string of the molecule is c1ccc(-c2ccc3c4cc(N(c5cccc6oc7ccccc7c56)c5cccc6sc7ccccc7c56)ccc4n(-c4ccccc4)c3c2)cc1. The Bertz CT molecular complexity index is 3020. The fourth-order valence-corrected chi connectivity index (χ4v) is 9.23. The number of thiophene rings is 1. The summed E-state index contributed by atoms with van der Waals surface area (Å²) in [7, 11) is 0. The van der Waals surface area contributed by atoms with Crippen LogP contribution in [0.25, 0.3) is 80.7 Å². The Labute approximate surface area is 303 Å². The lowest BCUT2D eigenvalue weighted by Gasteiger charge is -2.27. The third kappa shape index (κ3) is 4.38. The van der Waals surface area contributed by atoms with Crippen LogP contribution < -0.4 is 4.90 Å². The second-order valence-electron chi connectivity index (χ2n) is 13.3. The van der Waals surface area contributed by atoms with Gasteiger partial charge in [-0.15, -0.1) is 11.3 Å². The molecule has 52 heavy (non-hydrogen) atoms. The summed E-state index contributed by atoms with van der Waals surface area (Å²) in [6, 6.07) is 65.5. The number of hydrogen-bond acceptors (Lipinski definition) is 3. The number of aromatic nitrogens is 1. The lowest BCUT2D eigenvalue weighted by molar-refractivity contribution is 0.669. The van der Waals surface area contributed by atoms with E-state index in [9.17, 15) is 0 Å². The molecule has 3 aromatic heterocycles. The third-order valence-corrected chi connectivity index (χ3v) is 11.5. The number of hydrogen-bond donors (Lipinski definition) is 0. The van der Waals surface area contributed by atoms with E-state index in [1.807, 2.05) is 17.4 Å². The minimum Gasteiger partial charge on any atom is -0.456 e. The fourth-order valence-electron chi connectivity index (χ4n) is 8.11. The average Bonchev–Trinajstić information content (AvgIpc) is 3.88. The van der Waals surface area contributed by atoms with Crippen LogP contribution >= 0.6 is 11.3 Å². The Morgan fingerprint density at radius 3 is 1.98 bits per heavy atom. The van der Waals surface area contributed by atoms with Crippen LogP contribution in [-0.2, 0) is 0 Å². The summed E-state index contributed by atoms with van der Waals surface area (Å²) >= 11 is 1.85. The van der Waals surface area contributed by atoms with Crippen LogP contribution in [0.3, 0.4) is 0 Å². The molecule has 0 amide bonds. The zero-order valence-corrected chi connectivity index (χ0v) is 28.8. The van der Waals surface area contributed by atoms with Crippen molar-refractivity contribution in [3.05, 3.63) is 182 Å². The van der Waals surface area contributed by atoms with Gasteiger partial charge in [0.05, 0.1) is 27.8 Å². The fraction of sp³-hybridized carbons (Fsp3) is 0. The van der Waals surface area contributed by atoms with E-state index in [1.165, 1.54) is 53.1 Å². The van der Waals surface area contributed by atoms with Crippen molar-refractivity contribution in [2.24, 2.45) is 0 Å². The van der Waals surface area contributed by atoms with E-state index in [0.717, 1.165) is 44.7 Å². The molecule has 0 fully saturated rings. The second-order valence-corrected chi connectivity index (χ2v) is 14.4. The van der Waals surface area contributed by atoms with Gasteiger partial charge >= 0.3 is 0 Å². The highest BCUT2D eigenvalue weighted by molar-refractivity contribution is 7.26. The largest absolute Gasteiger partial charge is 0.456 e. The minimum atomic E-state index is 0.876. The summed E-state index contributed by atoms with van der Waals surface area (Å²) < 4.78 is 11.4. The van der Waals surface area contributed by atoms with Crippen LogP contribution in [0.1, 0.15) is 0 Å². The number of nitrogens with zero attached hydrogens (tertiary/aromatic N) is 2. The molecule has 3 nitrogen and oxygen atoms in total. The van der Waals surface area contributed by atoms with Crippen LogP contribution in [0.4, 0.5) is 17.1 Å². The molecule has 0 aliphatic heterocycles. The van der Waals surface area contributed by atoms with E-state index in [2.05, 4.69) is 185 Å². The van der Waals surface area contributed by atoms with Crippen molar-refractivity contribution < 1.29 is 4.42 Å². The van der Waals surface area contributed by atoms with Gasteiger partial charge in [0.25, 0.3) is 0 Å². The standard InChI is InChI=1S/C48H30N2OS/c1-3-13-31(14-4-1)32-25-27-35-38-30-34(26-28-39(38)49(42(35)29-32)33-15-5-2-6-16-33)50(40-19-11-22-44-47(40)36-17-7-9-21-43(36)51-44)41-20-12-24-46-48(41)37-18-8-10-23-45(37)52-46/h1-30H. The molecular formula is C48H30N2OS. The van der Waals surface area contributed by atoms with Crippen molar-refractivity contribution in [2.45, 2.75) is 0 Å². The van der Waals surface area contributed by atoms with Crippen molar-refractivity contribution in [3.63, 3.8) is 0 Å². The molecule has 244 valence electrons. The highest BCUT2D eigenvalue weighted by atomic mass is 32.1. The maximum atomic E-state index is 6.46. The molecule has 0 N–H and O–H groups in total. The summed E-state index contributed by atoms with van der Waals surface area (Å²) in [5.74, 6) is 0. The average molecular weight is 683 g/mol. The molecule has 11 aromatic rings. The van der Waals surface area contributed by atoms with Gasteiger partial charge in [-0.3, -0.25) is 0 Å². The maximum Gasteiger partial charge on any atom is 0.137 e. The van der Waals surface area contributed by atoms with Crippen LogP contribution in [0.2, 0.25) is 0 Å².